The van der Waals surface area contributed by atoms with Crippen LogP contribution in [0.1, 0.15) is 23.3 Å². The molecule has 2 aromatic rings. The molecule has 0 fully saturated rings. The summed E-state index contributed by atoms with van der Waals surface area (Å²) >= 11 is 2.88. The molecule has 0 saturated heterocycles. The fraction of sp³-hybridized carbons (Fsp3) is 0.500. The maximum atomic E-state index is 13.1. The van der Waals surface area contributed by atoms with Crippen LogP contribution in [-0.4, -0.2) is 41.5 Å². The summed E-state index contributed by atoms with van der Waals surface area (Å²) in [4.78, 5) is 31.8. The lowest BCUT2D eigenvalue weighted by molar-refractivity contribution is -0.118. The molecule has 0 saturated carbocycles. The van der Waals surface area contributed by atoms with Crippen LogP contribution >= 0.6 is 23.1 Å². The topological polar surface area (TPSA) is 73.2 Å². The molecular weight excluding hydrogens is 370 g/mol. The van der Waals surface area contributed by atoms with Gasteiger partial charge in [-0.3, -0.25) is 14.2 Å². The van der Waals surface area contributed by atoms with Crippen molar-refractivity contribution in [3.8, 4) is 12.3 Å². The van der Waals surface area contributed by atoms with E-state index in [2.05, 4.69) is 11.2 Å². The fourth-order valence-electron chi connectivity index (χ4n) is 3.06. The third-order valence-corrected chi connectivity index (χ3v) is 6.40. The monoisotopic (exact) mass is 391 g/mol. The van der Waals surface area contributed by atoms with Gasteiger partial charge in [-0.25, -0.2) is 4.98 Å². The lowest BCUT2D eigenvalue weighted by Gasteiger charge is -2.12. The van der Waals surface area contributed by atoms with Crippen molar-refractivity contribution in [2.75, 3.05) is 26.0 Å². The standard InChI is InChI=1S/C18H21N3O3S2/c1-3-8-19-14(22)11-25-18-20-16-15(12-6-4-7-13(12)26-16)17(23)21(18)9-5-10-24-2/h1H,4-11H2,2H3,(H,19,22). The molecule has 2 aromatic heterocycles. The lowest BCUT2D eigenvalue weighted by Crippen LogP contribution is -2.27. The third-order valence-electron chi connectivity index (χ3n) is 4.24. The fourth-order valence-corrected chi connectivity index (χ4v) is 5.22. The molecule has 2 heterocycles. The van der Waals surface area contributed by atoms with Crippen LogP contribution < -0.4 is 10.9 Å². The number of fused-ring (bicyclic) bond motifs is 3. The van der Waals surface area contributed by atoms with Crippen LogP contribution in [0.3, 0.4) is 0 Å². The van der Waals surface area contributed by atoms with Gasteiger partial charge in [-0.05, 0) is 31.2 Å². The second kappa shape index (κ2) is 8.71. The minimum absolute atomic E-state index is 0.00274. The molecule has 0 radical (unpaired) electrons. The van der Waals surface area contributed by atoms with Crippen LogP contribution in [0.25, 0.3) is 10.2 Å². The minimum atomic E-state index is -0.167. The molecule has 0 bridgehead atoms. The first kappa shape index (κ1) is 19.0. The molecule has 0 aliphatic heterocycles. The molecule has 1 amide bonds. The molecule has 138 valence electrons. The molecular formula is C18H21N3O3S2. The molecule has 0 spiro atoms. The number of aromatic nitrogens is 2. The van der Waals surface area contributed by atoms with Crippen molar-refractivity contribution in [3.63, 3.8) is 0 Å². The van der Waals surface area contributed by atoms with E-state index in [0.717, 1.165) is 29.5 Å². The molecule has 6 nitrogen and oxygen atoms in total. The van der Waals surface area contributed by atoms with Crippen LogP contribution in [0.15, 0.2) is 9.95 Å². The average molecular weight is 392 g/mol. The van der Waals surface area contributed by atoms with Crippen molar-refractivity contribution in [1.82, 2.24) is 14.9 Å². The normalized spacial score (nSPS) is 12.9. The van der Waals surface area contributed by atoms with Crippen LogP contribution in [0.4, 0.5) is 0 Å². The van der Waals surface area contributed by atoms with E-state index >= 15 is 0 Å². The van der Waals surface area contributed by atoms with Crippen LogP contribution in [0.2, 0.25) is 0 Å². The number of carbonyl (C=O) groups is 1. The van der Waals surface area contributed by atoms with E-state index < -0.39 is 0 Å². The van der Waals surface area contributed by atoms with Gasteiger partial charge in [0.1, 0.15) is 4.83 Å². The molecule has 0 aromatic carbocycles. The number of nitrogens with one attached hydrogen (secondary N) is 1. The molecule has 3 rings (SSSR count). The third kappa shape index (κ3) is 3.95. The van der Waals surface area contributed by atoms with E-state index in [9.17, 15) is 9.59 Å². The maximum Gasteiger partial charge on any atom is 0.263 e. The van der Waals surface area contributed by atoms with Gasteiger partial charge in [0.15, 0.2) is 5.16 Å². The summed E-state index contributed by atoms with van der Waals surface area (Å²) in [6.45, 7) is 1.29. The van der Waals surface area contributed by atoms with Gasteiger partial charge < -0.3 is 10.1 Å². The molecule has 1 aliphatic rings. The Morgan fingerprint density at radius 1 is 1.50 bits per heavy atom. The predicted octanol–water partition coefficient (Wildman–Crippen LogP) is 1.82. The van der Waals surface area contributed by atoms with Gasteiger partial charge >= 0.3 is 0 Å². The number of carbonyl (C=O) groups excluding carboxylic acids is 1. The summed E-state index contributed by atoms with van der Waals surface area (Å²) in [5, 5.41) is 3.97. The van der Waals surface area contributed by atoms with Crippen LogP contribution in [0, 0.1) is 12.3 Å². The second-order valence-electron chi connectivity index (χ2n) is 6.00. The van der Waals surface area contributed by atoms with Crippen molar-refractivity contribution < 1.29 is 9.53 Å². The summed E-state index contributed by atoms with van der Waals surface area (Å²) in [7, 11) is 1.64. The Labute approximate surface area is 160 Å². The van der Waals surface area contributed by atoms with Crippen LogP contribution in [-0.2, 0) is 28.9 Å². The van der Waals surface area contributed by atoms with Gasteiger partial charge in [0, 0.05) is 25.1 Å². The highest BCUT2D eigenvalue weighted by Gasteiger charge is 2.23. The number of ether oxygens (including phenoxy) is 1. The first-order valence-electron chi connectivity index (χ1n) is 8.52. The highest BCUT2D eigenvalue weighted by Crippen LogP contribution is 2.35. The Morgan fingerprint density at radius 2 is 2.35 bits per heavy atom. The summed E-state index contributed by atoms with van der Waals surface area (Å²) < 4.78 is 6.80. The van der Waals surface area contributed by atoms with Gasteiger partial charge in [-0.1, -0.05) is 17.7 Å². The number of thiophene rings is 1. The number of aryl methyl sites for hydroxylation is 2. The molecule has 0 atom stereocenters. The predicted molar refractivity (Wildman–Crippen MR) is 105 cm³/mol. The van der Waals surface area contributed by atoms with Crippen molar-refractivity contribution in [2.45, 2.75) is 37.4 Å². The lowest BCUT2D eigenvalue weighted by atomic mass is 10.2. The number of nitrogens with zero attached hydrogens (tertiary/aromatic N) is 2. The molecule has 1 aliphatic carbocycles. The van der Waals surface area contributed by atoms with E-state index in [1.54, 1.807) is 23.0 Å². The van der Waals surface area contributed by atoms with E-state index in [1.165, 1.54) is 22.2 Å². The van der Waals surface area contributed by atoms with Crippen molar-refractivity contribution in [1.29, 1.82) is 0 Å². The Hall–Kier alpha value is -1.82. The Morgan fingerprint density at radius 3 is 3.12 bits per heavy atom. The van der Waals surface area contributed by atoms with Gasteiger partial charge in [0.2, 0.25) is 5.91 Å². The zero-order chi connectivity index (χ0) is 18.5. The first-order chi connectivity index (χ1) is 12.7. The second-order valence-corrected chi connectivity index (χ2v) is 8.03. The zero-order valence-corrected chi connectivity index (χ0v) is 16.3. The van der Waals surface area contributed by atoms with E-state index in [1.807, 2.05) is 0 Å². The summed E-state index contributed by atoms with van der Waals surface area (Å²) in [5.41, 5.74) is 1.17. The van der Waals surface area contributed by atoms with Crippen LogP contribution in [0.5, 0.6) is 0 Å². The number of hydrogen-bond donors (Lipinski definition) is 1. The quantitative estimate of drug-likeness (QED) is 0.322. The molecule has 1 N–H and O–H groups in total. The highest BCUT2D eigenvalue weighted by molar-refractivity contribution is 7.99. The van der Waals surface area contributed by atoms with Crippen molar-refractivity contribution >= 4 is 39.2 Å². The van der Waals surface area contributed by atoms with Gasteiger partial charge in [0.25, 0.3) is 5.56 Å². The number of thioether (sulfide) groups is 1. The SMILES string of the molecule is C#CCNC(=O)CSc1nc2sc3c(c2c(=O)n1CCCOC)CCC3. The van der Waals surface area contributed by atoms with Gasteiger partial charge in [0.05, 0.1) is 17.7 Å². The van der Waals surface area contributed by atoms with Crippen molar-refractivity contribution in [2.24, 2.45) is 0 Å². The highest BCUT2D eigenvalue weighted by atomic mass is 32.2. The number of methoxy groups -OCH3 is 1. The molecule has 0 unspecified atom stereocenters. The Bertz CT molecular complexity index is 911. The van der Waals surface area contributed by atoms with E-state index in [-0.39, 0.29) is 23.8 Å². The summed E-state index contributed by atoms with van der Waals surface area (Å²) in [5.74, 6) is 2.38. The molecule has 26 heavy (non-hydrogen) atoms. The maximum absolute atomic E-state index is 13.1. The van der Waals surface area contributed by atoms with Gasteiger partial charge in [-0.15, -0.1) is 17.8 Å². The number of amides is 1. The van der Waals surface area contributed by atoms with E-state index in [4.69, 9.17) is 16.1 Å². The zero-order valence-electron chi connectivity index (χ0n) is 14.7. The van der Waals surface area contributed by atoms with E-state index in [0.29, 0.717) is 24.7 Å². The summed E-state index contributed by atoms with van der Waals surface area (Å²) in [6.07, 6.45) is 8.95. The summed E-state index contributed by atoms with van der Waals surface area (Å²) in [6, 6.07) is 0. The Balaban J connectivity index is 1.92. The first-order valence-corrected chi connectivity index (χ1v) is 10.3. The number of terminal acetylenes is 1. The smallest absolute Gasteiger partial charge is 0.263 e. The van der Waals surface area contributed by atoms with Gasteiger partial charge in [-0.2, -0.15) is 0 Å². The molecule has 8 heteroatoms. The number of hydrogen-bond acceptors (Lipinski definition) is 6. The number of rotatable bonds is 8. The average Bonchev–Trinajstić information content (AvgIpc) is 3.20. The largest absolute Gasteiger partial charge is 0.385 e. The minimum Gasteiger partial charge on any atom is -0.385 e. The Kier molecular flexibility index (Phi) is 6.35. The van der Waals surface area contributed by atoms with Crippen molar-refractivity contribution in [3.05, 3.63) is 20.8 Å².